The van der Waals surface area contributed by atoms with Crippen molar-refractivity contribution in [3.05, 3.63) is 78.2 Å². The van der Waals surface area contributed by atoms with Crippen molar-refractivity contribution in [2.75, 3.05) is 11.9 Å². The largest absolute Gasteiger partial charge is 0.360 e. The van der Waals surface area contributed by atoms with E-state index in [0.717, 1.165) is 28.0 Å². The molecule has 1 unspecified atom stereocenters. The monoisotopic (exact) mass is 552 g/mol. The number of anilines is 2. The number of hydrogen-bond donors (Lipinski definition) is 2. The van der Waals surface area contributed by atoms with E-state index in [1.807, 2.05) is 71.7 Å². The first-order valence-electron chi connectivity index (χ1n) is 13.7. The van der Waals surface area contributed by atoms with Crippen LogP contribution in [0.3, 0.4) is 0 Å². The van der Waals surface area contributed by atoms with Crippen molar-refractivity contribution in [1.82, 2.24) is 19.8 Å². The SMILES string of the molecule is CC(OCn1nc(/C=N/n2cccc2)c2ccc(Nc3ccccc3C(=O)NCC#CC3CC3)cc21)[Si](C)(C)C. The lowest BCUT2D eigenvalue weighted by Gasteiger charge is -2.25. The molecule has 0 spiro atoms. The van der Waals surface area contributed by atoms with Crippen LogP contribution in [0.1, 0.15) is 35.8 Å². The summed E-state index contributed by atoms with van der Waals surface area (Å²) in [6, 6.07) is 17.4. The Bertz CT molecular complexity index is 1570. The Labute approximate surface area is 236 Å². The van der Waals surface area contributed by atoms with E-state index in [2.05, 4.69) is 54.1 Å². The quantitative estimate of drug-likeness (QED) is 0.147. The summed E-state index contributed by atoms with van der Waals surface area (Å²) < 4.78 is 9.89. The van der Waals surface area contributed by atoms with Gasteiger partial charge in [0.25, 0.3) is 5.91 Å². The van der Waals surface area contributed by atoms with Crippen LogP contribution in [-0.2, 0) is 11.5 Å². The van der Waals surface area contributed by atoms with Gasteiger partial charge in [-0.3, -0.25) is 4.79 Å². The first-order valence-corrected chi connectivity index (χ1v) is 17.3. The van der Waals surface area contributed by atoms with Gasteiger partial charge in [0.05, 0.1) is 37.6 Å². The molecular formula is C31H36N6O2Si. The van der Waals surface area contributed by atoms with Crippen LogP contribution in [0.4, 0.5) is 11.4 Å². The first kappa shape index (κ1) is 27.4. The summed E-state index contributed by atoms with van der Waals surface area (Å²) in [6.45, 7) is 9.70. The van der Waals surface area contributed by atoms with Crippen molar-refractivity contribution >= 4 is 42.5 Å². The summed E-state index contributed by atoms with van der Waals surface area (Å²) in [5.41, 5.74) is 3.97. The van der Waals surface area contributed by atoms with Crippen molar-refractivity contribution in [3.8, 4) is 11.8 Å². The minimum Gasteiger partial charge on any atom is -0.360 e. The second-order valence-electron chi connectivity index (χ2n) is 11.2. The number of hydrogen-bond acceptors (Lipinski definition) is 5. The van der Waals surface area contributed by atoms with Crippen LogP contribution in [-0.4, -0.2) is 46.9 Å². The highest BCUT2D eigenvalue weighted by Gasteiger charge is 2.24. The van der Waals surface area contributed by atoms with Crippen molar-refractivity contribution in [2.45, 2.75) is 51.9 Å². The second-order valence-corrected chi connectivity index (χ2v) is 16.7. The maximum Gasteiger partial charge on any atom is 0.254 e. The zero-order valence-corrected chi connectivity index (χ0v) is 24.5. The van der Waals surface area contributed by atoms with Crippen molar-refractivity contribution in [2.24, 2.45) is 11.0 Å². The lowest BCUT2D eigenvalue weighted by atomic mass is 10.1. The van der Waals surface area contributed by atoms with Gasteiger partial charge >= 0.3 is 0 Å². The molecule has 2 aromatic heterocycles. The molecule has 1 aliphatic carbocycles. The molecule has 1 atom stereocenters. The lowest BCUT2D eigenvalue weighted by Crippen LogP contribution is -2.38. The molecule has 206 valence electrons. The Morgan fingerprint density at radius 1 is 1.18 bits per heavy atom. The summed E-state index contributed by atoms with van der Waals surface area (Å²) in [6.07, 6.45) is 7.86. The van der Waals surface area contributed by atoms with E-state index < -0.39 is 8.07 Å². The first-order chi connectivity index (χ1) is 19.3. The Morgan fingerprint density at radius 3 is 2.70 bits per heavy atom. The molecule has 0 radical (unpaired) electrons. The number of amides is 1. The Hall–Kier alpha value is -4.13. The van der Waals surface area contributed by atoms with E-state index >= 15 is 0 Å². The molecule has 5 rings (SSSR count). The van der Waals surface area contributed by atoms with Gasteiger partial charge in [0, 0.05) is 35.1 Å². The van der Waals surface area contributed by atoms with Crippen molar-refractivity contribution in [1.29, 1.82) is 0 Å². The molecule has 2 aromatic carbocycles. The van der Waals surface area contributed by atoms with Gasteiger partial charge in [-0.25, -0.2) is 9.36 Å². The summed E-state index contributed by atoms with van der Waals surface area (Å²) in [5.74, 6) is 6.59. The molecule has 40 heavy (non-hydrogen) atoms. The Kier molecular flexibility index (Phi) is 8.19. The van der Waals surface area contributed by atoms with E-state index in [-0.39, 0.29) is 11.6 Å². The van der Waals surface area contributed by atoms with E-state index in [4.69, 9.17) is 9.84 Å². The molecular weight excluding hydrogens is 516 g/mol. The number of para-hydroxylation sites is 1. The molecule has 2 N–H and O–H groups in total. The number of nitrogens with one attached hydrogen (secondary N) is 2. The minimum atomic E-state index is -1.47. The fraction of sp³-hybridized carbons (Fsp3) is 0.323. The highest BCUT2D eigenvalue weighted by atomic mass is 28.3. The van der Waals surface area contributed by atoms with Gasteiger partial charge in [-0.1, -0.05) is 43.6 Å². The molecule has 8 nitrogen and oxygen atoms in total. The van der Waals surface area contributed by atoms with Crippen LogP contribution in [0.25, 0.3) is 10.9 Å². The molecule has 0 aliphatic heterocycles. The van der Waals surface area contributed by atoms with E-state index in [0.29, 0.717) is 24.8 Å². The summed E-state index contributed by atoms with van der Waals surface area (Å²) in [4.78, 5) is 12.9. The van der Waals surface area contributed by atoms with Crippen LogP contribution >= 0.6 is 0 Å². The van der Waals surface area contributed by atoms with Gasteiger partial charge in [0.15, 0.2) is 0 Å². The zero-order valence-electron chi connectivity index (χ0n) is 23.5. The number of benzene rings is 2. The molecule has 0 saturated heterocycles. The third-order valence-corrected chi connectivity index (χ3v) is 9.63. The van der Waals surface area contributed by atoms with Gasteiger partial charge in [-0.2, -0.15) is 10.2 Å². The zero-order chi connectivity index (χ0) is 28.1. The fourth-order valence-corrected chi connectivity index (χ4v) is 4.59. The maximum atomic E-state index is 12.9. The molecule has 1 saturated carbocycles. The number of rotatable bonds is 10. The number of fused-ring (bicyclic) bond motifs is 1. The van der Waals surface area contributed by atoms with Gasteiger partial charge in [-0.15, -0.1) is 0 Å². The fourth-order valence-electron chi connectivity index (χ4n) is 4.02. The molecule has 0 bridgehead atoms. The average Bonchev–Trinajstić information content (AvgIpc) is 3.48. The lowest BCUT2D eigenvalue weighted by molar-refractivity contribution is 0.0518. The smallest absolute Gasteiger partial charge is 0.254 e. The number of carbonyl (C=O) groups excluding carboxylic acids is 1. The number of nitrogens with zero attached hydrogens (tertiary/aromatic N) is 4. The molecule has 1 amide bonds. The Balaban J connectivity index is 1.40. The van der Waals surface area contributed by atoms with Gasteiger partial charge in [0.1, 0.15) is 12.4 Å². The molecule has 2 heterocycles. The number of ether oxygens (including phenoxy) is 1. The average molecular weight is 553 g/mol. The van der Waals surface area contributed by atoms with Gasteiger partial charge < -0.3 is 15.4 Å². The second kappa shape index (κ2) is 11.9. The summed E-state index contributed by atoms with van der Waals surface area (Å²) >= 11 is 0. The van der Waals surface area contributed by atoms with Crippen molar-refractivity contribution < 1.29 is 9.53 Å². The van der Waals surface area contributed by atoms with E-state index in [9.17, 15) is 4.79 Å². The number of carbonyl (C=O) groups is 1. The molecule has 4 aromatic rings. The Morgan fingerprint density at radius 2 is 1.95 bits per heavy atom. The van der Waals surface area contributed by atoms with Crippen LogP contribution in [0, 0.1) is 17.8 Å². The van der Waals surface area contributed by atoms with Crippen LogP contribution in [0.5, 0.6) is 0 Å². The molecule has 1 fully saturated rings. The normalized spacial score (nSPS) is 14.2. The molecule has 9 heteroatoms. The predicted octanol–water partition coefficient (Wildman–Crippen LogP) is 5.85. The van der Waals surface area contributed by atoms with Crippen LogP contribution in [0.15, 0.2) is 72.1 Å². The number of aromatic nitrogens is 3. The maximum absolute atomic E-state index is 12.9. The van der Waals surface area contributed by atoms with Gasteiger partial charge in [0.2, 0.25) is 0 Å². The third kappa shape index (κ3) is 6.89. The topological polar surface area (TPSA) is 85.5 Å². The van der Waals surface area contributed by atoms with Gasteiger partial charge in [-0.05, 0) is 62.2 Å². The standard InChI is InChI=1S/C31H36N6O2Si/c1-23(40(2,3)4)39-22-37-30-20-25(15-16-26(30)29(35-37)21-33-36-18-7-8-19-36)34-28-12-6-5-11-27(28)31(38)32-17-9-10-24-13-14-24/h5-8,11-12,15-16,18-21,23-24,34H,13-14,17,22H2,1-4H3,(H,32,38)/b33-21+. The summed E-state index contributed by atoms with van der Waals surface area (Å²) in [7, 11) is -1.47. The minimum absolute atomic E-state index is 0.156. The predicted molar refractivity (Wildman–Crippen MR) is 164 cm³/mol. The van der Waals surface area contributed by atoms with Crippen LogP contribution < -0.4 is 10.6 Å². The summed E-state index contributed by atoms with van der Waals surface area (Å²) in [5, 5.41) is 16.7. The van der Waals surface area contributed by atoms with Crippen molar-refractivity contribution in [3.63, 3.8) is 0 Å². The van der Waals surface area contributed by atoms with E-state index in [1.165, 1.54) is 12.8 Å². The highest BCUT2D eigenvalue weighted by molar-refractivity contribution is 6.77. The third-order valence-electron chi connectivity index (χ3n) is 7.02. The highest BCUT2D eigenvalue weighted by Crippen LogP contribution is 2.28. The van der Waals surface area contributed by atoms with Crippen LogP contribution in [0.2, 0.25) is 19.6 Å². The van der Waals surface area contributed by atoms with E-state index in [1.54, 1.807) is 10.9 Å². The molecule has 1 aliphatic rings.